The average Bonchev–Trinajstić information content (AvgIpc) is 2.46. The van der Waals surface area contributed by atoms with Crippen LogP contribution in [0.15, 0.2) is 18.2 Å². The number of carbonyl (C=O) groups excluding carboxylic acids is 1. The van der Waals surface area contributed by atoms with E-state index in [9.17, 15) is 13.6 Å². The van der Waals surface area contributed by atoms with Crippen LogP contribution in [-0.2, 0) is 4.79 Å². The van der Waals surface area contributed by atoms with Gasteiger partial charge in [-0.2, -0.15) is 0 Å². The maximum absolute atomic E-state index is 13.4. The first kappa shape index (κ1) is 16.7. The average molecular weight is 312 g/mol. The molecule has 0 radical (unpaired) electrons. The van der Waals surface area contributed by atoms with Crippen LogP contribution in [0.3, 0.4) is 0 Å². The Morgan fingerprint density at radius 3 is 2.50 bits per heavy atom. The monoisotopic (exact) mass is 312 g/mol. The summed E-state index contributed by atoms with van der Waals surface area (Å²) in [6.07, 6.45) is 0. The third-order valence-corrected chi connectivity index (χ3v) is 3.59. The van der Waals surface area contributed by atoms with E-state index < -0.39 is 11.6 Å². The number of hydrogen-bond donors (Lipinski definition) is 0. The summed E-state index contributed by atoms with van der Waals surface area (Å²) in [4.78, 5) is 16.1. The molecule has 1 aliphatic heterocycles. The minimum atomic E-state index is -0.797. The molecule has 22 heavy (non-hydrogen) atoms. The van der Waals surface area contributed by atoms with Crippen LogP contribution in [0.4, 0.5) is 8.78 Å². The molecular formula is C16H22F2N2O2. The van der Waals surface area contributed by atoms with E-state index in [1.807, 2.05) is 0 Å². The van der Waals surface area contributed by atoms with Gasteiger partial charge in [-0.25, -0.2) is 8.78 Å². The van der Waals surface area contributed by atoms with Crippen LogP contribution >= 0.6 is 0 Å². The Morgan fingerprint density at radius 1 is 1.23 bits per heavy atom. The molecule has 1 fully saturated rings. The molecule has 0 atom stereocenters. The predicted octanol–water partition coefficient (Wildman–Crippen LogP) is 2.14. The largest absolute Gasteiger partial charge is 0.481 e. The van der Waals surface area contributed by atoms with Gasteiger partial charge in [-0.3, -0.25) is 9.69 Å². The number of carbonyl (C=O) groups is 1. The molecule has 2 rings (SSSR count). The van der Waals surface area contributed by atoms with E-state index in [4.69, 9.17) is 4.74 Å². The second kappa shape index (κ2) is 7.54. The van der Waals surface area contributed by atoms with E-state index in [0.29, 0.717) is 19.0 Å². The molecule has 1 amide bonds. The highest BCUT2D eigenvalue weighted by Crippen LogP contribution is 2.17. The fourth-order valence-electron chi connectivity index (χ4n) is 2.52. The van der Waals surface area contributed by atoms with Crippen LogP contribution in [-0.4, -0.2) is 55.0 Å². The van der Waals surface area contributed by atoms with E-state index in [1.165, 1.54) is 6.07 Å². The summed E-state index contributed by atoms with van der Waals surface area (Å²) in [6.45, 7) is 8.13. The zero-order valence-corrected chi connectivity index (χ0v) is 13.0. The lowest BCUT2D eigenvalue weighted by atomic mass is 10.2. The van der Waals surface area contributed by atoms with Gasteiger partial charge in [0.1, 0.15) is 5.82 Å². The summed E-state index contributed by atoms with van der Waals surface area (Å²) in [7, 11) is 0. The van der Waals surface area contributed by atoms with Crippen LogP contribution in [0.2, 0.25) is 0 Å². The minimum Gasteiger partial charge on any atom is -0.481 e. The maximum atomic E-state index is 13.4. The molecule has 0 saturated carbocycles. The van der Waals surface area contributed by atoms with E-state index in [1.54, 1.807) is 4.90 Å². The third kappa shape index (κ3) is 4.66. The zero-order valence-electron chi connectivity index (χ0n) is 13.0. The molecule has 6 heteroatoms. The van der Waals surface area contributed by atoms with Crippen molar-refractivity contribution in [3.8, 4) is 5.75 Å². The number of benzene rings is 1. The first-order valence-corrected chi connectivity index (χ1v) is 7.53. The zero-order chi connectivity index (χ0) is 16.1. The lowest BCUT2D eigenvalue weighted by Crippen LogP contribution is -2.50. The first-order chi connectivity index (χ1) is 10.5. The molecular weight excluding hydrogens is 290 g/mol. The van der Waals surface area contributed by atoms with E-state index in [0.717, 1.165) is 31.8 Å². The SMILES string of the molecule is CC(C)CN1CCN(C(=O)COc2ccc(F)cc2F)CC1. The Bertz CT molecular complexity index is 515. The number of ether oxygens (including phenoxy) is 1. The van der Waals surface area contributed by atoms with Crippen LogP contribution < -0.4 is 4.74 Å². The van der Waals surface area contributed by atoms with Crippen molar-refractivity contribution in [2.24, 2.45) is 5.92 Å². The second-order valence-corrected chi connectivity index (χ2v) is 5.94. The number of nitrogens with zero attached hydrogens (tertiary/aromatic N) is 2. The molecule has 4 nitrogen and oxygen atoms in total. The second-order valence-electron chi connectivity index (χ2n) is 5.94. The van der Waals surface area contributed by atoms with Crippen molar-refractivity contribution in [1.29, 1.82) is 0 Å². The Morgan fingerprint density at radius 2 is 1.91 bits per heavy atom. The molecule has 0 aromatic heterocycles. The van der Waals surface area contributed by atoms with Crippen molar-refractivity contribution in [3.63, 3.8) is 0 Å². The Balaban J connectivity index is 1.79. The molecule has 0 unspecified atom stereocenters. The van der Waals surface area contributed by atoms with Gasteiger partial charge in [0, 0.05) is 38.8 Å². The highest BCUT2D eigenvalue weighted by Gasteiger charge is 2.22. The van der Waals surface area contributed by atoms with Crippen molar-refractivity contribution in [2.75, 3.05) is 39.3 Å². The van der Waals surface area contributed by atoms with Crippen molar-refractivity contribution in [2.45, 2.75) is 13.8 Å². The number of hydrogen-bond acceptors (Lipinski definition) is 3. The fourth-order valence-corrected chi connectivity index (χ4v) is 2.52. The molecule has 0 bridgehead atoms. The lowest BCUT2D eigenvalue weighted by molar-refractivity contribution is -0.135. The molecule has 1 aromatic carbocycles. The van der Waals surface area contributed by atoms with Crippen molar-refractivity contribution in [1.82, 2.24) is 9.80 Å². The van der Waals surface area contributed by atoms with E-state index in [2.05, 4.69) is 18.7 Å². The fraction of sp³-hybridized carbons (Fsp3) is 0.562. The normalized spacial score (nSPS) is 16.1. The molecule has 0 spiro atoms. The number of piperazine rings is 1. The summed E-state index contributed by atoms with van der Waals surface area (Å²) in [5.41, 5.74) is 0. The molecule has 1 heterocycles. The summed E-state index contributed by atoms with van der Waals surface area (Å²) < 4.78 is 31.4. The highest BCUT2D eigenvalue weighted by molar-refractivity contribution is 5.77. The maximum Gasteiger partial charge on any atom is 0.260 e. The van der Waals surface area contributed by atoms with Gasteiger partial charge < -0.3 is 9.64 Å². The van der Waals surface area contributed by atoms with Gasteiger partial charge in [-0.05, 0) is 18.1 Å². The van der Waals surface area contributed by atoms with Gasteiger partial charge >= 0.3 is 0 Å². The number of halogens is 2. The van der Waals surface area contributed by atoms with Crippen LogP contribution in [0.1, 0.15) is 13.8 Å². The van der Waals surface area contributed by atoms with Gasteiger partial charge in [0.2, 0.25) is 0 Å². The standard InChI is InChI=1S/C16H22F2N2O2/c1-12(2)10-19-5-7-20(8-6-19)16(21)11-22-15-4-3-13(17)9-14(15)18/h3-4,9,12H,5-8,10-11H2,1-2H3. The topological polar surface area (TPSA) is 32.8 Å². The summed E-state index contributed by atoms with van der Waals surface area (Å²) >= 11 is 0. The Labute approximate surface area is 129 Å². The summed E-state index contributed by atoms with van der Waals surface area (Å²) in [6, 6.07) is 3.04. The smallest absolute Gasteiger partial charge is 0.260 e. The molecule has 1 saturated heterocycles. The summed E-state index contributed by atoms with van der Waals surface area (Å²) in [5.74, 6) is -1.14. The van der Waals surface area contributed by atoms with E-state index in [-0.39, 0.29) is 18.3 Å². The van der Waals surface area contributed by atoms with Gasteiger partial charge in [0.05, 0.1) is 0 Å². The van der Waals surface area contributed by atoms with Crippen molar-refractivity contribution < 1.29 is 18.3 Å². The van der Waals surface area contributed by atoms with Crippen LogP contribution in [0.25, 0.3) is 0 Å². The highest BCUT2D eigenvalue weighted by atomic mass is 19.1. The minimum absolute atomic E-state index is 0.104. The number of amides is 1. The van der Waals surface area contributed by atoms with Gasteiger partial charge in [-0.1, -0.05) is 13.8 Å². The van der Waals surface area contributed by atoms with Gasteiger partial charge in [0.25, 0.3) is 5.91 Å². The quantitative estimate of drug-likeness (QED) is 0.835. The molecule has 1 aromatic rings. The van der Waals surface area contributed by atoms with Crippen molar-refractivity contribution >= 4 is 5.91 Å². The molecule has 1 aliphatic rings. The molecule has 0 aliphatic carbocycles. The number of rotatable bonds is 5. The van der Waals surface area contributed by atoms with Gasteiger partial charge in [0.15, 0.2) is 18.2 Å². The Kier molecular flexibility index (Phi) is 5.71. The van der Waals surface area contributed by atoms with Gasteiger partial charge in [-0.15, -0.1) is 0 Å². The van der Waals surface area contributed by atoms with E-state index >= 15 is 0 Å². The van der Waals surface area contributed by atoms with Crippen LogP contribution in [0, 0.1) is 17.6 Å². The van der Waals surface area contributed by atoms with Crippen molar-refractivity contribution in [3.05, 3.63) is 29.8 Å². The third-order valence-electron chi connectivity index (χ3n) is 3.59. The molecule has 122 valence electrons. The molecule has 0 N–H and O–H groups in total. The Hall–Kier alpha value is -1.69. The summed E-state index contributed by atoms with van der Waals surface area (Å²) in [5, 5.41) is 0. The first-order valence-electron chi connectivity index (χ1n) is 7.53. The van der Waals surface area contributed by atoms with Crippen LogP contribution in [0.5, 0.6) is 5.75 Å². The predicted molar refractivity (Wildman–Crippen MR) is 79.7 cm³/mol. The lowest BCUT2D eigenvalue weighted by Gasteiger charge is -2.35.